The Morgan fingerprint density at radius 1 is 1.10 bits per heavy atom. The standard InChI is InChI=1S/C15H22N2O4/c1-19-12-7-6-11(13(20-2)14(12)21-3)15(18)17-9-8-16-10-4-5-10/h6-7,10,16H,4-5,8-9H2,1-3H3,(H,17,18). The summed E-state index contributed by atoms with van der Waals surface area (Å²) in [5.74, 6) is 1.14. The van der Waals surface area contributed by atoms with Crippen LogP contribution in [0.15, 0.2) is 12.1 Å². The molecule has 6 nitrogen and oxygen atoms in total. The van der Waals surface area contributed by atoms with Gasteiger partial charge in [-0.25, -0.2) is 0 Å². The fraction of sp³-hybridized carbons (Fsp3) is 0.533. The van der Waals surface area contributed by atoms with Gasteiger partial charge < -0.3 is 24.8 Å². The van der Waals surface area contributed by atoms with Crippen LogP contribution in [-0.4, -0.2) is 46.4 Å². The van der Waals surface area contributed by atoms with Crippen LogP contribution in [0.25, 0.3) is 0 Å². The highest BCUT2D eigenvalue weighted by molar-refractivity contribution is 5.98. The first-order chi connectivity index (χ1) is 10.2. The maximum absolute atomic E-state index is 12.2. The van der Waals surface area contributed by atoms with Gasteiger partial charge in [0, 0.05) is 19.1 Å². The van der Waals surface area contributed by atoms with Crippen LogP contribution in [0.1, 0.15) is 23.2 Å². The second kappa shape index (κ2) is 7.17. The zero-order valence-corrected chi connectivity index (χ0v) is 12.7. The number of nitrogens with one attached hydrogen (secondary N) is 2. The van der Waals surface area contributed by atoms with Crippen LogP contribution in [0.5, 0.6) is 17.2 Å². The minimum Gasteiger partial charge on any atom is -0.493 e. The van der Waals surface area contributed by atoms with Crippen molar-refractivity contribution in [2.45, 2.75) is 18.9 Å². The summed E-state index contributed by atoms with van der Waals surface area (Å²) in [4.78, 5) is 12.2. The minimum absolute atomic E-state index is 0.189. The molecule has 6 heteroatoms. The summed E-state index contributed by atoms with van der Waals surface area (Å²) in [5, 5.41) is 6.21. The molecule has 1 aliphatic carbocycles. The van der Waals surface area contributed by atoms with Crippen molar-refractivity contribution in [1.29, 1.82) is 0 Å². The van der Waals surface area contributed by atoms with E-state index in [4.69, 9.17) is 14.2 Å². The van der Waals surface area contributed by atoms with Crippen LogP contribution in [0, 0.1) is 0 Å². The van der Waals surface area contributed by atoms with E-state index in [1.54, 1.807) is 19.2 Å². The third-order valence-electron chi connectivity index (χ3n) is 3.37. The number of amides is 1. The van der Waals surface area contributed by atoms with Crippen LogP contribution >= 0.6 is 0 Å². The van der Waals surface area contributed by atoms with E-state index in [0.717, 1.165) is 6.54 Å². The second-order valence-corrected chi connectivity index (χ2v) is 4.87. The Kier molecular flexibility index (Phi) is 5.27. The van der Waals surface area contributed by atoms with Crippen molar-refractivity contribution in [2.24, 2.45) is 0 Å². The van der Waals surface area contributed by atoms with Gasteiger partial charge in [-0.3, -0.25) is 4.79 Å². The third-order valence-corrected chi connectivity index (χ3v) is 3.37. The van der Waals surface area contributed by atoms with Crippen molar-refractivity contribution in [3.63, 3.8) is 0 Å². The monoisotopic (exact) mass is 294 g/mol. The maximum Gasteiger partial charge on any atom is 0.255 e. The molecule has 116 valence electrons. The summed E-state index contributed by atoms with van der Waals surface area (Å²) >= 11 is 0. The number of rotatable bonds is 8. The predicted octanol–water partition coefficient (Wildman–Crippen LogP) is 1.19. The van der Waals surface area contributed by atoms with Crippen molar-refractivity contribution >= 4 is 5.91 Å². The van der Waals surface area contributed by atoms with Crippen LogP contribution < -0.4 is 24.8 Å². The van der Waals surface area contributed by atoms with Gasteiger partial charge in [0.15, 0.2) is 11.5 Å². The average Bonchev–Trinajstić information content (AvgIpc) is 3.33. The number of benzene rings is 1. The molecule has 0 heterocycles. The molecule has 1 fully saturated rings. The Hall–Kier alpha value is -1.95. The fourth-order valence-corrected chi connectivity index (χ4v) is 2.12. The molecule has 0 aromatic heterocycles. The molecule has 0 radical (unpaired) electrons. The molecule has 1 saturated carbocycles. The quantitative estimate of drug-likeness (QED) is 0.705. The molecule has 0 unspecified atom stereocenters. The molecule has 0 spiro atoms. The third kappa shape index (κ3) is 3.78. The molecule has 2 rings (SSSR count). The van der Waals surface area contributed by atoms with Crippen molar-refractivity contribution in [3.05, 3.63) is 17.7 Å². The number of carbonyl (C=O) groups is 1. The minimum atomic E-state index is -0.189. The SMILES string of the molecule is COc1ccc(C(=O)NCCNC2CC2)c(OC)c1OC. The molecule has 1 aliphatic rings. The number of methoxy groups -OCH3 is 3. The first-order valence-electron chi connectivity index (χ1n) is 7.01. The largest absolute Gasteiger partial charge is 0.493 e. The van der Waals surface area contributed by atoms with E-state index in [-0.39, 0.29) is 5.91 Å². The summed E-state index contributed by atoms with van der Waals surface area (Å²) in [5.41, 5.74) is 0.432. The summed E-state index contributed by atoms with van der Waals surface area (Å²) in [6.07, 6.45) is 2.47. The Labute approximate surface area is 124 Å². The summed E-state index contributed by atoms with van der Waals surface area (Å²) < 4.78 is 15.8. The lowest BCUT2D eigenvalue weighted by Gasteiger charge is -2.15. The predicted molar refractivity (Wildman–Crippen MR) is 79.5 cm³/mol. The van der Waals surface area contributed by atoms with Gasteiger partial charge >= 0.3 is 0 Å². The Morgan fingerprint density at radius 2 is 1.81 bits per heavy atom. The second-order valence-electron chi connectivity index (χ2n) is 4.87. The van der Waals surface area contributed by atoms with Gasteiger partial charge in [0.2, 0.25) is 5.75 Å². The molecule has 21 heavy (non-hydrogen) atoms. The van der Waals surface area contributed by atoms with Gasteiger partial charge in [0.1, 0.15) is 0 Å². The lowest BCUT2D eigenvalue weighted by molar-refractivity contribution is 0.0950. The zero-order valence-electron chi connectivity index (χ0n) is 12.7. The highest BCUT2D eigenvalue weighted by Gasteiger charge is 2.21. The highest BCUT2D eigenvalue weighted by atomic mass is 16.5. The Balaban J connectivity index is 2.04. The van der Waals surface area contributed by atoms with Crippen molar-refractivity contribution in [3.8, 4) is 17.2 Å². The molecular weight excluding hydrogens is 272 g/mol. The van der Waals surface area contributed by atoms with Crippen LogP contribution in [0.3, 0.4) is 0 Å². The molecule has 2 N–H and O–H groups in total. The van der Waals surface area contributed by atoms with Gasteiger partial charge in [0.25, 0.3) is 5.91 Å². The van der Waals surface area contributed by atoms with Crippen LogP contribution in [0.4, 0.5) is 0 Å². The molecule has 1 amide bonds. The van der Waals surface area contributed by atoms with Crippen molar-refractivity contribution in [2.75, 3.05) is 34.4 Å². The lowest BCUT2D eigenvalue weighted by Crippen LogP contribution is -2.32. The van der Waals surface area contributed by atoms with Gasteiger partial charge in [0.05, 0.1) is 26.9 Å². The molecule has 1 aromatic rings. The van der Waals surface area contributed by atoms with E-state index >= 15 is 0 Å². The van der Waals surface area contributed by atoms with Crippen LogP contribution in [0.2, 0.25) is 0 Å². The maximum atomic E-state index is 12.2. The number of hydrogen-bond acceptors (Lipinski definition) is 5. The van der Waals surface area contributed by atoms with E-state index in [9.17, 15) is 4.79 Å². The number of carbonyl (C=O) groups excluding carboxylic acids is 1. The summed E-state index contributed by atoms with van der Waals surface area (Å²) in [6, 6.07) is 4.00. The molecule has 1 aromatic carbocycles. The van der Waals surface area contributed by atoms with E-state index in [2.05, 4.69) is 10.6 Å². The molecule has 0 atom stereocenters. The van der Waals surface area contributed by atoms with E-state index < -0.39 is 0 Å². The van der Waals surface area contributed by atoms with E-state index in [1.807, 2.05) is 0 Å². The first-order valence-corrected chi connectivity index (χ1v) is 7.01. The molecule has 0 aliphatic heterocycles. The number of ether oxygens (including phenoxy) is 3. The first kappa shape index (κ1) is 15.4. The van der Waals surface area contributed by atoms with Gasteiger partial charge in [-0.1, -0.05) is 0 Å². The molecular formula is C15H22N2O4. The number of hydrogen-bond donors (Lipinski definition) is 2. The molecule has 0 bridgehead atoms. The topological polar surface area (TPSA) is 68.8 Å². The highest BCUT2D eigenvalue weighted by Crippen LogP contribution is 2.39. The Bertz CT molecular complexity index is 501. The lowest BCUT2D eigenvalue weighted by atomic mass is 10.1. The normalized spacial score (nSPS) is 13.7. The zero-order chi connectivity index (χ0) is 15.2. The fourth-order valence-electron chi connectivity index (χ4n) is 2.12. The summed E-state index contributed by atoms with van der Waals surface area (Å²) in [6.45, 7) is 1.35. The average molecular weight is 294 g/mol. The van der Waals surface area contributed by atoms with Gasteiger partial charge in [-0.2, -0.15) is 0 Å². The van der Waals surface area contributed by atoms with E-state index in [0.29, 0.717) is 35.4 Å². The molecule has 0 saturated heterocycles. The van der Waals surface area contributed by atoms with Crippen molar-refractivity contribution < 1.29 is 19.0 Å². The van der Waals surface area contributed by atoms with E-state index in [1.165, 1.54) is 27.1 Å². The van der Waals surface area contributed by atoms with Gasteiger partial charge in [-0.05, 0) is 25.0 Å². The Morgan fingerprint density at radius 3 is 2.38 bits per heavy atom. The summed E-state index contributed by atoms with van der Waals surface area (Å²) in [7, 11) is 4.56. The van der Waals surface area contributed by atoms with Crippen LogP contribution in [-0.2, 0) is 0 Å². The van der Waals surface area contributed by atoms with Crippen molar-refractivity contribution in [1.82, 2.24) is 10.6 Å². The van der Waals surface area contributed by atoms with Gasteiger partial charge in [-0.15, -0.1) is 0 Å². The smallest absolute Gasteiger partial charge is 0.255 e.